The molecule has 112 valence electrons. The molecule has 0 atom stereocenters. The number of aliphatic carboxylic acids is 1. The topological polar surface area (TPSA) is 58.6 Å². The zero-order valence-electron chi connectivity index (χ0n) is 11.2. The van der Waals surface area contributed by atoms with E-state index in [4.69, 9.17) is 9.84 Å². The summed E-state index contributed by atoms with van der Waals surface area (Å²) in [7, 11) is 0. The van der Waals surface area contributed by atoms with Crippen LogP contribution in [0.15, 0.2) is 18.2 Å². The maximum atomic E-state index is 13.2. The first-order valence-electron chi connectivity index (χ1n) is 6.60. The van der Waals surface area contributed by atoms with Crippen molar-refractivity contribution < 1.29 is 23.4 Å². The molecule has 0 spiro atoms. The lowest BCUT2D eigenvalue weighted by Crippen LogP contribution is -2.18. The van der Waals surface area contributed by atoms with E-state index in [0.29, 0.717) is 19.6 Å². The molecule has 0 amide bonds. The van der Waals surface area contributed by atoms with E-state index in [1.165, 1.54) is 6.07 Å². The van der Waals surface area contributed by atoms with Crippen LogP contribution in [-0.2, 0) is 4.79 Å². The Morgan fingerprint density at radius 2 is 1.95 bits per heavy atom. The lowest BCUT2D eigenvalue weighted by atomic mass is 10.3. The van der Waals surface area contributed by atoms with Gasteiger partial charge in [0.15, 0.2) is 11.6 Å². The number of unbranched alkanes of at least 4 members (excludes halogenated alkanes) is 1. The Morgan fingerprint density at radius 1 is 1.20 bits per heavy atom. The highest BCUT2D eigenvalue weighted by molar-refractivity contribution is 5.66. The zero-order chi connectivity index (χ0) is 14.8. The van der Waals surface area contributed by atoms with Crippen molar-refractivity contribution in [1.29, 1.82) is 0 Å². The summed E-state index contributed by atoms with van der Waals surface area (Å²) in [6.07, 6.45) is 2.35. The fraction of sp³-hybridized carbons (Fsp3) is 0.500. The van der Waals surface area contributed by atoms with E-state index >= 15 is 0 Å². The van der Waals surface area contributed by atoms with Crippen LogP contribution in [0.25, 0.3) is 0 Å². The number of hydrogen-bond acceptors (Lipinski definition) is 3. The van der Waals surface area contributed by atoms with E-state index in [0.717, 1.165) is 31.5 Å². The van der Waals surface area contributed by atoms with E-state index in [1.807, 2.05) is 0 Å². The molecule has 1 aromatic rings. The molecule has 0 saturated heterocycles. The number of carboxylic acid groups (broad SMARTS) is 1. The van der Waals surface area contributed by atoms with Gasteiger partial charge in [-0.3, -0.25) is 4.79 Å². The third-order valence-corrected chi connectivity index (χ3v) is 2.64. The van der Waals surface area contributed by atoms with Crippen LogP contribution in [0, 0.1) is 11.6 Å². The summed E-state index contributed by atoms with van der Waals surface area (Å²) in [6.45, 7) is 1.79. The minimum absolute atomic E-state index is 0.0563. The van der Waals surface area contributed by atoms with Crippen molar-refractivity contribution in [3.05, 3.63) is 29.8 Å². The first-order valence-corrected chi connectivity index (χ1v) is 6.60. The molecule has 0 aliphatic heterocycles. The summed E-state index contributed by atoms with van der Waals surface area (Å²) in [5.74, 6) is -2.06. The molecule has 0 bridgehead atoms. The van der Waals surface area contributed by atoms with Crippen LogP contribution in [0.3, 0.4) is 0 Å². The predicted octanol–water partition coefficient (Wildman–Crippen LogP) is 2.58. The quantitative estimate of drug-likeness (QED) is 0.649. The third kappa shape index (κ3) is 7.04. The molecule has 4 nitrogen and oxygen atoms in total. The molecule has 0 saturated carbocycles. The summed E-state index contributed by atoms with van der Waals surface area (Å²) in [5.41, 5.74) is 0. The van der Waals surface area contributed by atoms with Gasteiger partial charge in [0.05, 0.1) is 6.61 Å². The number of benzene rings is 1. The Labute approximate surface area is 116 Å². The van der Waals surface area contributed by atoms with Gasteiger partial charge in [0.2, 0.25) is 0 Å². The smallest absolute Gasteiger partial charge is 0.303 e. The zero-order valence-corrected chi connectivity index (χ0v) is 11.2. The van der Waals surface area contributed by atoms with Crippen LogP contribution in [0.1, 0.15) is 25.7 Å². The highest BCUT2D eigenvalue weighted by atomic mass is 19.1. The number of halogens is 2. The van der Waals surface area contributed by atoms with E-state index in [-0.39, 0.29) is 12.2 Å². The fourth-order valence-corrected chi connectivity index (χ4v) is 1.62. The molecule has 0 unspecified atom stereocenters. The molecular formula is C14H19F2NO3. The van der Waals surface area contributed by atoms with E-state index < -0.39 is 17.6 Å². The molecule has 0 radical (unpaired) electrons. The van der Waals surface area contributed by atoms with Gasteiger partial charge < -0.3 is 15.2 Å². The van der Waals surface area contributed by atoms with Gasteiger partial charge in [0.1, 0.15) is 5.82 Å². The van der Waals surface area contributed by atoms with Gasteiger partial charge in [-0.1, -0.05) is 0 Å². The summed E-state index contributed by atoms with van der Waals surface area (Å²) >= 11 is 0. The van der Waals surface area contributed by atoms with Crippen molar-refractivity contribution in [3.63, 3.8) is 0 Å². The summed E-state index contributed by atoms with van der Waals surface area (Å²) < 4.78 is 31.1. The second kappa shape index (κ2) is 9.25. The largest absolute Gasteiger partial charge is 0.491 e. The molecular weight excluding hydrogens is 268 g/mol. The average Bonchev–Trinajstić information content (AvgIpc) is 2.38. The number of carboxylic acids is 1. The van der Waals surface area contributed by atoms with E-state index in [1.54, 1.807) is 0 Å². The lowest BCUT2D eigenvalue weighted by Gasteiger charge is -2.07. The van der Waals surface area contributed by atoms with Crippen LogP contribution in [0.5, 0.6) is 5.75 Å². The molecule has 6 heteroatoms. The summed E-state index contributed by atoms with van der Waals surface area (Å²) in [5, 5.41) is 11.6. The average molecular weight is 287 g/mol. The maximum absolute atomic E-state index is 13.2. The van der Waals surface area contributed by atoms with Crippen molar-refractivity contribution in [2.45, 2.75) is 25.7 Å². The minimum Gasteiger partial charge on any atom is -0.491 e. The van der Waals surface area contributed by atoms with Crippen LogP contribution >= 0.6 is 0 Å². The monoisotopic (exact) mass is 287 g/mol. The van der Waals surface area contributed by atoms with Gasteiger partial charge in [0.25, 0.3) is 0 Å². The van der Waals surface area contributed by atoms with Crippen molar-refractivity contribution in [3.8, 4) is 5.75 Å². The van der Waals surface area contributed by atoms with Gasteiger partial charge in [0, 0.05) is 12.5 Å². The number of rotatable bonds is 10. The molecule has 0 aliphatic carbocycles. The van der Waals surface area contributed by atoms with Gasteiger partial charge in [-0.05, 0) is 44.5 Å². The van der Waals surface area contributed by atoms with Gasteiger partial charge >= 0.3 is 5.97 Å². The molecule has 0 aromatic heterocycles. The highest BCUT2D eigenvalue weighted by Crippen LogP contribution is 2.17. The standard InChI is InChI=1S/C14H19F2NO3/c15-11-5-6-13(12(16)10-11)20-9-2-1-7-17-8-3-4-14(18)19/h5-6,10,17H,1-4,7-9H2,(H,18,19). The molecule has 1 rings (SSSR count). The van der Waals surface area contributed by atoms with Crippen molar-refractivity contribution in [2.24, 2.45) is 0 Å². The molecule has 1 aromatic carbocycles. The SMILES string of the molecule is O=C(O)CCCNCCCCOc1ccc(F)cc1F. The molecule has 0 fully saturated rings. The predicted molar refractivity (Wildman–Crippen MR) is 70.8 cm³/mol. The Hall–Kier alpha value is -1.69. The van der Waals surface area contributed by atoms with Crippen LogP contribution < -0.4 is 10.1 Å². The van der Waals surface area contributed by atoms with Crippen molar-refractivity contribution in [1.82, 2.24) is 5.32 Å². The first-order chi connectivity index (χ1) is 9.59. The maximum Gasteiger partial charge on any atom is 0.303 e. The Bertz CT molecular complexity index is 427. The van der Waals surface area contributed by atoms with E-state index in [9.17, 15) is 13.6 Å². The number of nitrogens with one attached hydrogen (secondary N) is 1. The van der Waals surface area contributed by atoms with E-state index in [2.05, 4.69) is 5.32 Å². The fourth-order valence-electron chi connectivity index (χ4n) is 1.62. The normalized spacial score (nSPS) is 10.5. The summed E-state index contributed by atoms with van der Waals surface area (Å²) in [4.78, 5) is 10.3. The molecule has 20 heavy (non-hydrogen) atoms. The van der Waals surface area contributed by atoms with Crippen LogP contribution in [0.4, 0.5) is 8.78 Å². The Kier molecular flexibility index (Phi) is 7.57. The first kappa shape index (κ1) is 16.4. The van der Waals surface area contributed by atoms with Gasteiger partial charge in [-0.15, -0.1) is 0 Å². The molecule has 2 N–H and O–H groups in total. The van der Waals surface area contributed by atoms with Crippen molar-refractivity contribution in [2.75, 3.05) is 19.7 Å². The number of hydrogen-bond donors (Lipinski definition) is 2. The second-order valence-corrected chi connectivity index (χ2v) is 4.38. The minimum atomic E-state index is -0.790. The van der Waals surface area contributed by atoms with Crippen LogP contribution in [-0.4, -0.2) is 30.8 Å². The van der Waals surface area contributed by atoms with Gasteiger partial charge in [-0.25, -0.2) is 8.78 Å². The summed E-state index contributed by atoms with van der Waals surface area (Å²) in [6, 6.07) is 3.22. The highest BCUT2D eigenvalue weighted by Gasteiger charge is 2.04. The molecule has 0 aliphatic rings. The second-order valence-electron chi connectivity index (χ2n) is 4.38. The number of ether oxygens (including phenoxy) is 1. The Balaban J connectivity index is 2.01. The van der Waals surface area contributed by atoms with Crippen molar-refractivity contribution >= 4 is 5.97 Å². The van der Waals surface area contributed by atoms with Gasteiger partial charge in [-0.2, -0.15) is 0 Å². The van der Waals surface area contributed by atoms with Crippen LogP contribution in [0.2, 0.25) is 0 Å². The third-order valence-electron chi connectivity index (χ3n) is 2.64. The molecule has 0 heterocycles. The Morgan fingerprint density at radius 3 is 2.65 bits per heavy atom. The number of carbonyl (C=O) groups is 1. The lowest BCUT2D eigenvalue weighted by molar-refractivity contribution is -0.137.